The molecule has 0 saturated heterocycles. The lowest BCUT2D eigenvalue weighted by atomic mass is 10.1. The second kappa shape index (κ2) is 7.46. The molecule has 0 radical (unpaired) electrons. The van der Waals surface area contributed by atoms with Gasteiger partial charge in [-0.3, -0.25) is 9.59 Å². The van der Waals surface area contributed by atoms with Crippen LogP contribution >= 0.6 is 0 Å². The maximum Gasteiger partial charge on any atom is 0.308 e. The summed E-state index contributed by atoms with van der Waals surface area (Å²) in [7, 11) is 1.43. The predicted molar refractivity (Wildman–Crippen MR) is 90.9 cm³/mol. The van der Waals surface area contributed by atoms with Crippen molar-refractivity contribution in [3.8, 4) is 17.0 Å². The van der Waals surface area contributed by atoms with E-state index in [1.807, 2.05) is 0 Å². The van der Waals surface area contributed by atoms with Crippen molar-refractivity contribution < 1.29 is 18.7 Å². The van der Waals surface area contributed by atoms with Gasteiger partial charge in [0.2, 0.25) is 0 Å². The molecule has 134 valence electrons. The predicted octanol–water partition coefficient (Wildman–Crippen LogP) is 2.79. The Balaban J connectivity index is 2.24. The van der Waals surface area contributed by atoms with Gasteiger partial charge in [-0.25, -0.2) is 9.07 Å². The standard InChI is InChI=1S/C18H21FN2O4/c1-18(2,3)25-17(23)9-10-21-16(22)8-7-14(20-21)13-6-5-12(19)11-15(13)24-4/h5-8,11H,9-10H2,1-4H3. The van der Waals surface area contributed by atoms with E-state index in [9.17, 15) is 14.0 Å². The molecule has 0 spiro atoms. The van der Waals surface area contributed by atoms with Crippen LogP contribution in [0.4, 0.5) is 4.39 Å². The first-order valence-electron chi connectivity index (χ1n) is 7.83. The van der Waals surface area contributed by atoms with Gasteiger partial charge in [-0.15, -0.1) is 0 Å². The number of hydrogen-bond acceptors (Lipinski definition) is 5. The third-order valence-corrected chi connectivity index (χ3v) is 3.25. The second-order valence-electron chi connectivity index (χ2n) is 6.46. The summed E-state index contributed by atoms with van der Waals surface area (Å²) in [5.74, 6) is -0.533. The zero-order chi connectivity index (χ0) is 18.6. The molecule has 1 aromatic heterocycles. The smallest absolute Gasteiger partial charge is 0.308 e. The SMILES string of the molecule is COc1cc(F)ccc1-c1ccc(=O)n(CCC(=O)OC(C)(C)C)n1. The van der Waals surface area contributed by atoms with Crippen LogP contribution in [-0.4, -0.2) is 28.5 Å². The summed E-state index contributed by atoms with van der Waals surface area (Å²) in [5, 5.41) is 4.24. The number of nitrogens with zero attached hydrogens (tertiary/aromatic N) is 2. The second-order valence-corrected chi connectivity index (χ2v) is 6.46. The van der Waals surface area contributed by atoms with Crippen molar-refractivity contribution in [2.75, 3.05) is 7.11 Å². The lowest BCUT2D eigenvalue weighted by Crippen LogP contribution is -2.27. The van der Waals surface area contributed by atoms with Gasteiger partial charge < -0.3 is 9.47 Å². The first-order chi connectivity index (χ1) is 11.7. The molecule has 2 rings (SSSR count). The van der Waals surface area contributed by atoms with Crippen LogP contribution < -0.4 is 10.3 Å². The van der Waals surface area contributed by atoms with Gasteiger partial charge in [-0.05, 0) is 39.0 Å². The van der Waals surface area contributed by atoms with Crippen molar-refractivity contribution >= 4 is 5.97 Å². The highest BCUT2D eigenvalue weighted by Gasteiger charge is 2.17. The molecule has 1 heterocycles. The average molecular weight is 348 g/mol. The summed E-state index contributed by atoms with van der Waals surface area (Å²) in [6.45, 7) is 5.41. The van der Waals surface area contributed by atoms with Gasteiger partial charge in [0.15, 0.2) is 0 Å². The molecule has 6 nitrogen and oxygen atoms in total. The van der Waals surface area contributed by atoms with E-state index in [1.54, 1.807) is 20.8 Å². The van der Waals surface area contributed by atoms with Gasteiger partial charge in [-0.2, -0.15) is 5.10 Å². The Kier molecular flexibility index (Phi) is 5.56. The van der Waals surface area contributed by atoms with Gasteiger partial charge in [0, 0.05) is 17.7 Å². The molecule has 0 atom stereocenters. The number of carbonyl (C=O) groups excluding carboxylic acids is 1. The first-order valence-corrected chi connectivity index (χ1v) is 7.83. The van der Waals surface area contributed by atoms with Gasteiger partial charge in [-0.1, -0.05) is 0 Å². The van der Waals surface area contributed by atoms with Gasteiger partial charge in [0.25, 0.3) is 5.56 Å². The number of halogens is 1. The number of methoxy groups -OCH3 is 1. The summed E-state index contributed by atoms with van der Waals surface area (Å²) in [6, 6.07) is 6.93. The molecule has 1 aromatic carbocycles. The van der Waals surface area contributed by atoms with E-state index < -0.39 is 17.4 Å². The Bertz CT molecular complexity index is 825. The first kappa shape index (κ1) is 18.6. The fourth-order valence-electron chi connectivity index (χ4n) is 2.22. The number of hydrogen-bond donors (Lipinski definition) is 0. The molecule has 0 bridgehead atoms. The van der Waals surface area contributed by atoms with Crippen LogP contribution in [0.3, 0.4) is 0 Å². The maximum absolute atomic E-state index is 13.3. The minimum Gasteiger partial charge on any atom is -0.496 e. The Hall–Kier alpha value is -2.70. The van der Waals surface area contributed by atoms with Crippen molar-refractivity contribution in [1.82, 2.24) is 9.78 Å². The molecule has 0 unspecified atom stereocenters. The molecule has 0 amide bonds. The minimum absolute atomic E-state index is 0.0220. The molecule has 25 heavy (non-hydrogen) atoms. The molecule has 0 saturated carbocycles. The zero-order valence-corrected chi connectivity index (χ0v) is 14.7. The third-order valence-electron chi connectivity index (χ3n) is 3.25. The van der Waals surface area contributed by atoms with Crippen molar-refractivity contribution in [3.63, 3.8) is 0 Å². The summed E-state index contributed by atoms with van der Waals surface area (Å²) in [4.78, 5) is 23.8. The number of ether oxygens (including phenoxy) is 2. The van der Waals surface area contributed by atoms with Crippen molar-refractivity contribution in [1.29, 1.82) is 0 Å². The summed E-state index contributed by atoms with van der Waals surface area (Å²) in [6.07, 6.45) is 0.0220. The third kappa shape index (κ3) is 5.14. The lowest BCUT2D eigenvalue weighted by molar-refractivity contribution is -0.155. The topological polar surface area (TPSA) is 70.4 Å². The molecule has 0 fully saturated rings. The van der Waals surface area contributed by atoms with Crippen molar-refractivity contribution in [2.24, 2.45) is 0 Å². The number of aryl methyl sites for hydroxylation is 1. The highest BCUT2D eigenvalue weighted by molar-refractivity contribution is 5.69. The van der Waals surface area contributed by atoms with E-state index >= 15 is 0 Å². The monoisotopic (exact) mass is 348 g/mol. The largest absolute Gasteiger partial charge is 0.496 e. The van der Waals surface area contributed by atoms with Gasteiger partial charge >= 0.3 is 5.97 Å². The number of rotatable bonds is 5. The Labute approximate surface area is 145 Å². The minimum atomic E-state index is -0.585. The van der Waals surface area contributed by atoms with Crippen molar-refractivity contribution in [2.45, 2.75) is 39.3 Å². The Morgan fingerprint density at radius 2 is 1.96 bits per heavy atom. The van der Waals surface area contributed by atoms with Crippen LogP contribution in [0, 0.1) is 5.82 Å². The van der Waals surface area contributed by atoms with E-state index in [2.05, 4.69) is 5.10 Å². The van der Waals surface area contributed by atoms with E-state index in [0.717, 1.165) is 0 Å². The molecule has 0 aliphatic rings. The van der Waals surface area contributed by atoms with E-state index in [-0.39, 0.29) is 18.5 Å². The number of carbonyl (C=O) groups is 1. The number of esters is 1. The van der Waals surface area contributed by atoms with Crippen LogP contribution in [0.2, 0.25) is 0 Å². The average Bonchev–Trinajstić information content (AvgIpc) is 2.52. The molecular weight excluding hydrogens is 327 g/mol. The fraction of sp³-hybridized carbons (Fsp3) is 0.389. The maximum atomic E-state index is 13.3. The molecule has 0 aliphatic carbocycles. The van der Waals surface area contributed by atoms with E-state index in [0.29, 0.717) is 17.0 Å². The van der Waals surface area contributed by atoms with Gasteiger partial charge in [0.1, 0.15) is 17.2 Å². The Morgan fingerprint density at radius 1 is 1.24 bits per heavy atom. The van der Waals surface area contributed by atoms with Gasteiger partial charge in [0.05, 0.1) is 25.8 Å². The number of aromatic nitrogens is 2. The van der Waals surface area contributed by atoms with Crippen molar-refractivity contribution in [3.05, 3.63) is 46.5 Å². The highest BCUT2D eigenvalue weighted by atomic mass is 19.1. The highest BCUT2D eigenvalue weighted by Crippen LogP contribution is 2.28. The lowest BCUT2D eigenvalue weighted by Gasteiger charge is -2.19. The van der Waals surface area contributed by atoms with Crippen LogP contribution in [0.1, 0.15) is 27.2 Å². The zero-order valence-electron chi connectivity index (χ0n) is 14.7. The summed E-state index contributed by atoms with van der Waals surface area (Å²) in [5.41, 5.74) is 0.0719. The fourth-order valence-corrected chi connectivity index (χ4v) is 2.22. The van der Waals surface area contributed by atoms with Crippen LogP contribution in [0.5, 0.6) is 5.75 Å². The molecule has 0 aliphatic heterocycles. The van der Waals surface area contributed by atoms with Crippen LogP contribution in [0.15, 0.2) is 35.1 Å². The van der Waals surface area contributed by atoms with E-state index in [4.69, 9.17) is 9.47 Å². The van der Waals surface area contributed by atoms with E-state index in [1.165, 1.54) is 42.1 Å². The molecule has 2 aromatic rings. The number of benzene rings is 1. The summed E-state index contributed by atoms with van der Waals surface area (Å²) < 4.78 is 24.9. The molecule has 0 N–H and O–H groups in total. The van der Waals surface area contributed by atoms with Crippen LogP contribution in [-0.2, 0) is 16.1 Å². The molecule has 7 heteroatoms. The normalized spacial score (nSPS) is 11.2. The summed E-state index contributed by atoms with van der Waals surface area (Å²) >= 11 is 0. The Morgan fingerprint density at radius 3 is 2.60 bits per heavy atom. The quantitative estimate of drug-likeness (QED) is 0.777. The molecular formula is C18H21FN2O4. The van der Waals surface area contributed by atoms with Crippen LogP contribution in [0.25, 0.3) is 11.3 Å².